The van der Waals surface area contributed by atoms with E-state index < -0.39 is 121 Å². The normalized spacial score (nSPS) is 24.3. The van der Waals surface area contributed by atoms with Crippen molar-refractivity contribution in [1.82, 2.24) is 36.8 Å². The number of carbonyl (C=O) groups excluding carboxylic acids is 8. The summed E-state index contributed by atoms with van der Waals surface area (Å²) in [4.78, 5) is 131. The van der Waals surface area contributed by atoms with Crippen molar-refractivity contribution in [2.75, 3.05) is 41.0 Å². The van der Waals surface area contributed by atoms with E-state index in [1.54, 1.807) is 26.2 Å². The lowest BCUT2D eigenvalue weighted by Crippen LogP contribution is -2.58. The number of nitrogens with zero attached hydrogens (tertiary/aromatic N) is 3. The summed E-state index contributed by atoms with van der Waals surface area (Å²) in [6.07, 6.45) is 3.72. The molecule has 26 heteroatoms. The molecule has 1 aromatic carbocycles. The van der Waals surface area contributed by atoms with Crippen molar-refractivity contribution in [3.05, 3.63) is 59.7 Å². The fraction of sp³-hybridized carbons (Fsp3) is 0.571. The van der Waals surface area contributed by atoms with Gasteiger partial charge >= 0.3 is 11.9 Å². The van der Waals surface area contributed by atoms with E-state index in [1.165, 1.54) is 20.9 Å². The summed E-state index contributed by atoms with van der Waals surface area (Å²) in [5.74, 6) is -10.8. The Labute approximate surface area is 436 Å². The number of amides is 7. The maximum absolute atomic E-state index is 14.4. The van der Waals surface area contributed by atoms with Crippen LogP contribution in [-0.2, 0) is 59.0 Å². The Bertz CT molecular complexity index is 2240. The van der Waals surface area contributed by atoms with Gasteiger partial charge in [-0.05, 0) is 57.9 Å². The van der Waals surface area contributed by atoms with E-state index in [9.17, 15) is 53.4 Å². The Balaban J connectivity index is 2.74. The molecule has 26 nitrogen and oxygen atoms in total. The molecular formula is C49H77N13O13. The first-order valence-corrected chi connectivity index (χ1v) is 24.4. The van der Waals surface area contributed by atoms with Crippen LogP contribution in [0.15, 0.2) is 64.1 Å². The maximum Gasteiger partial charge on any atom is 0.328 e. The number of guanidine groups is 2. The molecule has 1 aliphatic rings. The molecule has 0 aliphatic carbocycles. The molecule has 1 heterocycles. The first kappa shape index (κ1) is 63.5. The van der Waals surface area contributed by atoms with Crippen molar-refractivity contribution in [2.45, 2.75) is 127 Å². The van der Waals surface area contributed by atoms with Gasteiger partial charge in [0.05, 0.1) is 38.2 Å². The van der Waals surface area contributed by atoms with Crippen LogP contribution in [0.2, 0.25) is 0 Å². The summed E-state index contributed by atoms with van der Waals surface area (Å²) < 4.78 is 10.8. The van der Waals surface area contributed by atoms with Crippen molar-refractivity contribution in [3.8, 4) is 0 Å². The van der Waals surface area contributed by atoms with Crippen LogP contribution >= 0.6 is 0 Å². The molecular weight excluding hydrogens is 979 g/mol. The van der Waals surface area contributed by atoms with E-state index in [2.05, 4.69) is 41.9 Å². The molecule has 1 aliphatic heterocycles. The van der Waals surface area contributed by atoms with Crippen LogP contribution in [-0.4, -0.2) is 170 Å². The third-order valence-electron chi connectivity index (χ3n) is 12.2. The third kappa shape index (κ3) is 22.6. The molecule has 1 saturated heterocycles. The number of rotatable bonds is 18. The highest BCUT2D eigenvalue weighted by molar-refractivity contribution is 5.96. The lowest BCUT2D eigenvalue weighted by Gasteiger charge is -2.28. The zero-order chi connectivity index (χ0) is 56.4. The average Bonchev–Trinajstić information content (AvgIpc) is 3.36. The number of carboxylic acid groups (broad SMARTS) is 1. The number of aliphatic hydroxyl groups excluding tert-OH is 1. The lowest BCUT2D eigenvalue weighted by atomic mass is 9.94. The van der Waals surface area contributed by atoms with Crippen molar-refractivity contribution in [3.63, 3.8) is 0 Å². The fourth-order valence-electron chi connectivity index (χ4n) is 7.75. The minimum atomic E-state index is -1.92. The van der Waals surface area contributed by atoms with Gasteiger partial charge in [-0.25, -0.2) is 9.59 Å². The van der Waals surface area contributed by atoms with Crippen LogP contribution in [0.1, 0.15) is 78.2 Å². The Kier molecular flexibility index (Phi) is 27.6. The number of likely N-dealkylation sites (N-methyl/N-ethyl adjacent to an activating group) is 1. The molecule has 1 fully saturated rings. The van der Waals surface area contributed by atoms with Crippen molar-refractivity contribution in [1.29, 1.82) is 0 Å². The van der Waals surface area contributed by atoms with Gasteiger partial charge in [0.15, 0.2) is 11.9 Å². The molecule has 0 radical (unpaired) electrons. The van der Waals surface area contributed by atoms with E-state index in [1.807, 2.05) is 43.3 Å². The Morgan fingerprint density at radius 1 is 0.800 bits per heavy atom. The number of allylic oxidation sites excluding steroid dienone is 2. The molecule has 416 valence electrons. The molecule has 0 bridgehead atoms. The molecule has 10 atom stereocenters. The standard InChI is InChI=1S/C49H77N13O13/c1-27(23-28(2)38(74-6)24-31-13-9-8-10-14-31)17-18-32-29(3)41(66)60-35(47(73)75-7)19-20-40(65)62(5)37(26-63)45(70)56-30(4)42(67)59-34(16-12-22-55-49(52)53)44(69)61-36(46(71)72)25-39(64)57-33(43(68)58-32)15-11-21-54-48(50)51/h8-10,13-14,17-18,23,28-30,32-38,63H,11-12,15-16,19-22,24-26H2,1-7H3,(H,56,70)(H,57,64)(H,58,68)(H,59,67)(H,60,66)(H,61,69)(H,71,72)(H4,50,51,54)(H4,52,53,55)/b18-17+,27-23+/t28-,29-,30+,32-,33-,34-,35+,36+,37-,38-/m0/s1. The van der Waals surface area contributed by atoms with Crippen LogP contribution in [0.3, 0.4) is 0 Å². The van der Waals surface area contributed by atoms with Gasteiger partial charge in [0.2, 0.25) is 41.4 Å². The van der Waals surface area contributed by atoms with Gasteiger partial charge in [-0.2, -0.15) is 0 Å². The number of carboxylic acids is 1. The van der Waals surface area contributed by atoms with Crippen molar-refractivity contribution < 1.29 is 62.8 Å². The van der Waals surface area contributed by atoms with Crippen LogP contribution < -0.4 is 54.8 Å². The number of methoxy groups -OCH3 is 2. The second kappa shape index (κ2) is 32.5. The van der Waals surface area contributed by atoms with Crippen molar-refractivity contribution in [2.24, 2.45) is 44.8 Å². The summed E-state index contributed by atoms with van der Waals surface area (Å²) >= 11 is 0. The Hall–Kier alpha value is -7.61. The monoisotopic (exact) mass is 1060 g/mol. The highest BCUT2D eigenvalue weighted by Gasteiger charge is 2.35. The number of hydrogen-bond acceptors (Lipinski definition) is 14. The number of benzene rings is 1. The first-order valence-electron chi connectivity index (χ1n) is 24.4. The number of aliphatic carboxylic acids is 1. The predicted octanol–water partition coefficient (Wildman–Crippen LogP) is -2.68. The van der Waals surface area contributed by atoms with Crippen molar-refractivity contribution >= 4 is 65.2 Å². The third-order valence-corrected chi connectivity index (χ3v) is 12.2. The van der Waals surface area contributed by atoms with Gasteiger partial charge in [0.1, 0.15) is 36.3 Å². The Morgan fingerprint density at radius 3 is 1.92 bits per heavy atom. The highest BCUT2D eigenvalue weighted by Crippen LogP contribution is 2.19. The van der Waals surface area contributed by atoms with Crippen LogP contribution in [0.4, 0.5) is 0 Å². The number of nitrogens with one attached hydrogen (secondary N) is 6. The minimum absolute atomic E-state index is 0.0102. The van der Waals surface area contributed by atoms with Gasteiger partial charge in [-0.1, -0.05) is 68.0 Å². The minimum Gasteiger partial charge on any atom is -0.480 e. The van der Waals surface area contributed by atoms with E-state index in [0.29, 0.717) is 12.0 Å². The number of aliphatic hydroxyl groups is 1. The van der Waals surface area contributed by atoms with E-state index >= 15 is 0 Å². The van der Waals surface area contributed by atoms with Gasteiger partial charge < -0.3 is 79.4 Å². The quantitative estimate of drug-likeness (QED) is 0.0234. The summed E-state index contributed by atoms with van der Waals surface area (Å²) in [6.45, 7) is 5.56. The number of aliphatic imine (C=N–C) groups is 2. The van der Waals surface area contributed by atoms with E-state index in [4.69, 9.17) is 32.4 Å². The summed E-state index contributed by atoms with van der Waals surface area (Å²) in [5.41, 5.74) is 23.6. The van der Waals surface area contributed by atoms with Crippen LogP contribution in [0.5, 0.6) is 0 Å². The van der Waals surface area contributed by atoms with Gasteiger partial charge in [0, 0.05) is 39.6 Å². The zero-order valence-electron chi connectivity index (χ0n) is 43.7. The average molecular weight is 1060 g/mol. The summed E-state index contributed by atoms with van der Waals surface area (Å²) in [5, 5.41) is 35.4. The van der Waals surface area contributed by atoms with Gasteiger partial charge in [-0.3, -0.25) is 43.5 Å². The molecule has 0 saturated carbocycles. The molecule has 0 aromatic heterocycles. The first-order chi connectivity index (χ1) is 35.4. The molecule has 1 aromatic rings. The number of nitrogens with two attached hydrogens (primary N) is 4. The predicted molar refractivity (Wildman–Crippen MR) is 276 cm³/mol. The van der Waals surface area contributed by atoms with Gasteiger partial charge in [-0.15, -0.1) is 0 Å². The fourth-order valence-corrected chi connectivity index (χ4v) is 7.75. The smallest absolute Gasteiger partial charge is 0.328 e. The highest BCUT2D eigenvalue weighted by atomic mass is 16.5. The number of esters is 1. The largest absolute Gasteiger partial charge is 0.480 e. The van der Waals surface area contributed by atoms with E-state index in [-0.39, 0.29) is 69.1 Å². The zero-order valence-corrected chi connectivity index (χ0v) is 43.7. The molecule has 2 rings (SSSR count). The molecule has 16 N–H and O–H groups in total. The van der Waals surface area contributed by atoms with Gasteiger partial charge in [0.25, 0.3) is 0 Å². The molecule has 0 unspecified atom stereocenters. The second-order valence-electron chi connectivity index (χ2n) is 18.2. The summed E-state index contributed by atoms with van der Waals surface area (Å²) in [7, 11) is 3.88. The Morgan fingerprint density at radius 2 is 1.37 bits per heavy atom. The second-order valence-corrected chi connectivity index (χ2v) is 18.2. The molecule has 7 amide bonds. The SMILES string of the molecule is COC(=O)[C@H]1CCC(=O)N(C)[C@@H](CO)C(=O)N[C@H](C)C(=O)N[C@@H](CCCN=C(N)N)C(=O)N[C@@H](C(=O)O)CC(=O)N[C@@H](CCCN=C(N)N)C(=O)N[C@@H](/C=C/C(C)=C/[C@H](C)[C@H](Cc2ccccc2)OC)[C@H](C)C(=O)N1. The maximum atomic E-state index is 14.4. The van der Waals surface area contributed by atoms with Crippen LogP contribution in [0, 0.1) is 11.8 Å². The number of ether oxygens (including phenoxy) is 2. The molecule has 0 spiro atoms. The molecule has 75 heavy (non-hydrogen) atoms. The summed E-state index contributed by atoms with van der Waals surface area (Å²) in [6, 6.07) is -0.655. The lowest BCUT2D eigenvalue weighted by molar-refractivity contribution is -0.147. The topological polar surface area (TPSA) is 417 Å². The van der Waals surface area contributed by atoms with Crippen LogP contribution in [0.25, 0.3) is 0 Å². The number of carbonyl (C=O) groups is 9. The number of hydrogen-bond donors (Lipinski definition) is 12. The van der Waals surface area contributed by atoms with E-state index in [0.717, 1.165) is 17.6 Å².